The summed E-state index contributed by atoms with van der Waals surface area (Å²) in [5, 5.41) is 9.41. The summed E-state index contributed by atoms with van der Waals surface area (Å²) in [6, 6.07) is 6.11. The molecule has 1 saturated carbocycles. The minimum Gasteiger partial charge on any atom is -0.508 e. The van der Waals surface area contributed by atoms with Gasteiger partial charge in [0.05, 0.1) is 0 Å². The molecule has 0 amide bonds. The highest BCUT2D eigenvalue weighted by atomic mass is 16.3. The topological polar surface area (TPSA) is 46.2 Å². The molecule has 2 unspecified atom stereocenters. The van der Waals surface area contributed by atoms with Crippen molar-refractivity contribution in [3.05, 3.63) is 29.3 Å². The molecule has 74 valence electrons. The van der Waals surface area contributed by atoms with Gasteiger partial charge >= 0.3 is 0 Å². The van der Waals surface area contributed by atoms with E-state index in [1.54, 1.807) is 6.07 Å². The number of nitrogens with two attached hydrogens (primary N) is 1. The molecule has 2 nitrogen and oxygen atoms in total. The highest BCUT2D eigenvalue weighted by Crippen LogP contribution is 2.54. The summed E-state index contributed by atoms with van der Waals surface area (Å²) in [5.74, 6) is 0.384. The monoisotopic (exact) mass is 189 g/mol. The van der Waals surface area contributed by atoms with Crippen LogP contribution in [0.15, 0.2) is 18.2 Å². The Morgan fingerprint density at radius 3 is 2.93 bits per heavy atom. The number of aryl methyl sites for hydroxylation is 1. The molecule has 0 radical (unpaired) electrons. The van der Waals surface area contributed by atoms with Crippen LogP contribution in [0.3, 0.4) is 0 Å². The van der Waals surface area contributed by atoms with Gasteiger partial charge in [-0.05, 0) is 48.9 Å². The van der Waals surface area contributed by atoms with Crippen molar-refractivity contribution in [3.8, 4) is 5.75 Å². The molecule has 14 heavy (non-hydrogen) atoms. The largest absolute Gasteiger partial charge is 0.508 e. The van der Waals surface area contributed by atoms with Gasteiger partial charge in [-0.1, -0.05) is 6.07 Å². The van der Waals surface area contributed by atoms with E-state index in [1.807, 2.05) is 6.07 Å². The molecule has 1 fully saturated rings. The first-order valence-corrected chi connectivity index (χ1v) is 5.30. The fourth-order valence-corrected chi connectivity index (χ4v) is 2.93. The summed E-state index contributed by atoms with van der Waals surface area (Å²) in [4.78, 5) is 0. The lowest BCUT2D eigenvalue weighted by atomic mass is 9.79. The number of fused-ring (bicyclic) bond motifs is 2. The van der Waals surface area contributed by atoms with Gasteiger partial charge in [0.2, 0.25) is 0 Å². The highest BCUT2D eigenvalue weighted by molar-refractivity contribution is 5.46. The molecule has 2 aliphatic carbocycles. The second-order valence-electron chi connectivity index (χ2n) is 4.66. The molecular formula is C12H15NO. The van der Waals surface area contributed by atoms with Crippen molar-refractivity contribution >= 4 is 0 Å². The number of rotatable bonds is 0. The molecule has 1 spiro atoms. The number of benzene rings is 1. The van der Waals surface area contributed by atoms with Crippen molar-refractivity contribution in [2.24, 2.45) is 5.73 Å². The van der Waals surface area contributed by atoms with Crippen LogP contribution in [-0.4, -0.2) is 11.1 Å². The number of hydrogen-bond acceptors (Lipinski definition) is 2. The normalized spacial score (nSPS) is 34.2. The first-order valence-electron chi connectivity index (χ1n) is 5.30. The van der Waals surface area contributed by atoms with Gasteiger partial charge in [-0.25, -0.2) is 0 Å². The fraction of sp³-hybridized carbons (Fsp3) is 0.500. The van der Waals surface area contributed by atoms with E-state index in [0.29, 0.717) is 11.8 Å². The maximum absolute atomic E-state index is 9.41. The highest BCUT2D eigenvalue weighted by Gasteiger charge is 2.54. The van der Waals surface area contributed by atoms with Gasteiger partial charge < -0.3 is 10.8 Å². The third-order valence-electron chi connectivity index (χ3n) is 3.83. The van der Waals surface area contributed by atoms with Gasteiger partial charge in [0.1, 0.15) is 5.75 Å². The maximum Gasteiger partial charge on any atom is 0.115 e. The average Bonchev–Trinajstić information content (AvgIpc) is 2.77. The van der Waals surface area contributed by atoms with Crippen LogP contribution >= 0.6 is 0 Å². The van der Waals surface area contributed by atoms with Crippen LogP contribution in [0, 0.1) is 0 Å². The second-order valence-corrected chi connectivity index (χ2v) is 4.66. The van der Waals surface area contributed by atoms with Gasteiger partial charge in [0, 0.05) is 11.5 Å². The summed E-state index contributed by atoms with van der Waals surface area (Å²) in [6.45, 7) is 0. The quantitative estimate of drug-likeness (QED) is 0.652. The zero-order valence-electron chi connectivity index (χ0n) is 8.16. The molecule has 3 N–H and O–H groups in total. The lowest BCUT2D eigenvalue weighted by molar-refractivity contribution is 0.469. The molecule has 2 heteroatoms. The Morgan fingerprint density at radius 1 is 1.43 bits per heavy atom. The summed E-state index contributed by atoms with van der Waals surface area (Å²) in [5.41, 5.74) is 9.01. The SMILES string of the molecule is NC1CC12CCCc1cc(O)ccc12. The Morgan fingerprint density at radius 2 is 2.21 bits per heavy atom. The van der Waals surface area contributed by atoms with E-state index in [-0.39, 0.29) is 5.41 Å². The van der Waals surface area contributed by atoms with Crippen LogP contribution in [0.5, 0.6) is 5.75 Å². The Bertz CT molecular complexity index is 388. The lowest BCUT2D eigenvalue weighted by Gasteiger charge is -2.26. The van der Waals surface area contributed by atoms with Gasteiger partial charge in [0.25, 0.3) is 0 Å². The molecular weight excluding hydrogens is 174 g/mol. The number of hydrogen-bond donors (Lipinski definition) is 2. The predicted molar refractivity (Wildman–Crippen MR) is 55.3 cm³/mol. The minimum atomic E-state index is 0.279. The maximum atomic E-state index is 9.41. The van der Waals surface area contributed by atoms with Crippen LogP contribution in [0.4, 0.5) is 0 Å². The summed E-state index contributed by atoms with van der Waals surface area (Å²) in [6.07, 6.45) is 4.67. The van der Waals surface area contributed by atoms with Crippen LogP contribution < -0.4 is 5.73 Å². The minimum absolute atomic E-state index is 0.279. The Labute approximate surface area is 83.7 Å². The van der Waals surface area contributed by atoms with Crippen molar-refractivity contribution in [2.45, 2.75) is 37.1 Å². The summed E-state index contributed by atoms with van der Waals surface area (Å²) < 4.78 is 0. The third-order valence-corrected chi connectivity index (χ3v) is 3.83. The van der Waals surface area contributed by atoms with E-state index in [1.165, 1.54) is 24.0 Å². The zero-order chi connectivity index (χ0) is 9.76. The van der Waals surface area contributed by atoms with Crippen molar-refractivity contribution in [1.82, 2.24) is 0 Å². The standard InChI is InChI=1S/C12H15NO/c13-11-7-12(11)5-1-2-8-6-9(14)3-4-10(8)12/h3-4,6,11,14H,1-2,5,7,13H2. The molecule has 1 aromatic carbocycles. The second kappa shape index (κ2) is 2.51. The van der Waals surface area contributed by atoms with E-state index in [0.717, 1.165) is 12.8 Å². The van der Waals surface area contributed by atoms with E-state index < -0.39 is 0 Å². The number of phenolic OH excluding ortho intramolecular Hbond substituents is 1. The van der Waals surface area contributed by atoms with Gasteiger partial charge in [0.15, 0.2) is 0 Å². The van der Waals surface area contributed by atoms with Crippen LogP contribution in [0.1, 0.15) is 30.4 Å². The molecule has 0 heterocycles. The van der Waals surface area contributed by atoms with Gasteiger partial charge in [-0.15, -0.1) is 0 Å². The molecule has 0 aromatic heterocycles. The predicted octanol–water partition coefficient (Wildman–Crippen LogP) is 1.70. The molecule has 1 aromatic rings. The summed E-state index contributed by atoms with van der Waals surface area (Å²) >= 11 is 0. The van der Waals surface area contributed by atoms with Crippen molar-refractivity contribution in [1.29, 1.82) is 0 Å². The smallest absolute Gasteiger partial charge is 0.115 e. The molecule has 2 atom stereocenters. The molecule has 0 bridgehead atoms. The van der Waals surface area contributed by atoms with E-state index >= 15 is 0 Å². The van der Waals surface area contributed by atoms with Crippen molar-refractivity contribution in [2.75, 3.05) is 0 Å². The van der Waals surface area contributed by atoms with Crippen molar-refractivity contribution in [3.63, 3.8) is 0 Å². The molecule has 0 saturated heterocycles. The Hall–Kier alpha value is -1.02. The zero-order valence-corrected chi connectivity index (χ0v) is 8.16. The number of phenols is 1. The van der Waals surface area contributed by atoms with Crippen molar-refractivity contribution < 1.29 is 5.11 Å². The Balaban J connectivity index is 2.12. The van der Waals surface area contributed by atoms with Crippen LogP contribution in [0.2, 0.25) is 0 Å². The lowest BCUT2D eigenvalue weighted by Crippen LogP contribution is -2.23. The number of aromatic hydroxyl groups is 1. The first kappa shape index (κ1) is 8.30. The van der Waals surface area contributed by atoms with E-state index in [4.69, 9.17) is 5.73 Å². The van der Waals surface area contributed by atoms with E-state index in [2.05, 4.69) is 6.07 Å². The van der Waals surface area contributed by atoms with E-state index in [9.17, 15) is 5.11 Å². The fourth-order valence-electron chi connectivity index (χ4n) is 2.93. The van der Waals surface area contributed by atoms with Crippen LogP contribution in [-0.2, 0) is 11.8 Å². The Kier molecular flexibility index (Phi) is 1.49. The average molecular weight is 189 g/mol. The van der Waals surface area contributed by atoms with Crippen LogP contribution in [0.25, 0.3) is 0 Å². The molecule has 0 aliphatic heterocycles. The summed E-state index contributed by atoms with van der Waals surface area (Å²) in [7, 11) is 0. The first-order chi connectivity index (χ1) is 6.72. The van der Waals surface area contributed by atoms with Gasteiger partial charge in [-0.3, -0.25) is 0 Å². The molecule has 2 aliphatic rings. The third kappa shape index (κ3) is 0.947. The molecule has 3 rings (SSSR count). The van der Waals surface area contributed by atoms with Gasteiger partial charge in [-0.2, -0.15) is 0 Å².